The Morgan fingerprint density at radius 2 is 2.31 bits per heavy atom. The van der Waals surface area contributed by atoms with E-state index in [1.54, 1.807) is 11.3 Å². The lowest BCUT2D eigenvalue weighted by molar-refractivity contribution is 0.599. The molecule has 0 spiro atoms. The summed E-state index contributed by atoms with van der Waals surface area (Å²) in [6.45, 7) is 5.22. The summed E-state index contributed by atoms with van der Waals surface area (Å²) in [4.78, 5) is 0. The Labute approximate surface area is 100 Å². The van der Waals surface area contributed by atoms with Crippen LogP contribution in [-0.2, 0) is 7.05 Å². The van der Waals surface area contributed by atoms with Gasteiger partial charge in [0.15, 0.2) is 0 Å². The van der Waals surface area contributed by atoms with E-state index in [1.165, 1.54) is 11.1 Å². The summed E-state index contributed by atoms with van der Waals surface area (Å²) in [5.74, 6) is 0. The van der Waals surface area contributed by atoms with Crippen LogP contribution in [0.25, 0.3) is 0 Å². The molecule has 1 N–H and O–H groups in total. The van der Waals surface area contributed by atoms with Crippen molar-refractivity contribution in [2.45, 2.75) is 19.9 Å². The SMILES string of the molecule is CCNC(c1ccn(C)n1)c1cscc1C. The van der Waals surface area contributed by atoms with Crippen molar-refractivity contribution in [2.24, 2.45) is 7.05 Å². The molecule has 0 aliphatic carbocycles. The maximum atomic E-state index is 4.49. The van der Waals surface area contributed by atoms with E-state index in [-0.39, 0.29) is 6.04 Å². The Kier molecular flexibility index (Phi) is 3.41. The van der Waals surface area contributed by atoms with Gasteiger partial charge in [-0.3, -0.25) is 4.68 Å². The van der Waals surface area contributed by atoms with Gasteiger partial charge >= 0.3 is 0 Å². The number of aryl methyl sites for hydroxylation is 2. The van der Waals surface area contributed by atoms with Gasteiger partial charge < -0.3 is 5.32 Å². The Morgan fingerprint density at radius 1 is 1.50 bits per heavy atom. The van der Waals surface area contributed by atoms with Crippen molar-refractivity contribution in [3.63, 3.8) is 0 Å². The molecule has 0 saturated carbocycles. The van der Waals surface area contributed by atoms with Crippen LogP contribution in [0.1, 0.15) is 29.8 Å². The predicted molar refractivity (Wildman–Crippen MR) is 67.8 cm³/mol. The lowest BCUT2D eigenvalue weighted by Gasteiger charge is -2.15. The van der Waals surface area contributed by atoms with Gasteiger partial charge in [-0.2, -0.15) is 16.4 Å². The highest BCUT2D eigenvalue weighted by Crippen LogP contribution is 2.26. The summed E-state index contributed by atoms with van der Waals surface area (Å²) in [7, 11) is 1.95. The molecule has 0 aliphatic heterocycles. The zero-order chi connectivity index (χ0) is 11.5. The molecule has 1 atom stereocenters. The molecule has 0 amide bonds. The number of thiophene rings is 1. The molecule has 4 heteroatoms. The van der Waals surface area contributed by atoms with E-state index < -0.39 is 0 Å². The summed E-state index contributed by atoms with van der Waals surface area (Å²) >= 11 is 1.75. The first-order valence-electron chi connectivity index (χ1n) is 5.48. The summed E-state index contributed by atoms with van der Waals surface area (Å²) in [6, 6.07) is 2.29. The van der Waals surface area contributed by atoms with Gasteiger partial charge in [0.2, 0.25) is 0 Å². The van der Waals surface area contributed by atoms with E-state index in [2.05, 4.69) is 41.1 Å². The Morgan fingerprint density at radius 3 is 2.81 bits per heavy atom. The molecule has 0 aliphatic rings. The third kappa shape index (κ3) is 2.18. The standard InChI is InChI=1S/C12H17N3S/c1-4-13-12(10-8-16-7-9(10)2)11-5-6-15(3)14-11/h5-8,12-13H,4H2,1-3H3. The van der Waals surface area contributed by atoms with Gasteiger partial charge in [0.1, 0.15) is 0 Å². The number of nitrogens with one attached hydrogen (secondary N) is 1. The van der Waals surface area contributed by atoms with Crippen LogP contribution in [0.4, 0.5) is 0 Å². The number of hydrogen-bond donors (Lipinski definition) is 1. The van der Waals surface area contributed by atoms with E-state index in [1.807, 2.05) is 17.9 Å². The Bertz CT molecular complexity index is 458. The molecule has 0 aromatic carbocycles. The molecule has 2 aromatic rings. The molecule has 0 bridgehead atoms. The molecule has 16 heavy (non-hydrogen) atoms. The van der Waals surface area contributed by atoms with Crippen molar-refractivity contribution in [2.75, 3.05) is 6.54 Å². The van der Waals surface area contributed by atoms with Crippen molar-refractivity contribution in [1.82, 2.24) is 15.1 Å². The second kappa shape index (κ2) is 4.80. The van der Waals surface area contributed by atoms with Crippen LogP contribution in [0, 0.1) is 6.92 Å². The number of rotatable bonds is 4. The molecule has 0 saturated heterocycles. The zero-order valence-corrected chi connectivity index (χ0v) is 10.7. The van der Waals surface area contributed by atoms with E-state index in [9.17, 15) is 0 Å². The van der Waals surface area contributed by atoms with Gasteiger partial charge in [-0.15, -0.1) is 0 Å². The van der Waals surface area contributed by atoms with Crippen LogP contribution < -0.4 is 5.32 Å². The largest absolute Gasteiger partial charge is 0.305 e. The normalized spacial score (nSPS) is 12.9. The number of hydrogen-bond acceptors (Lipinski definition) is 3. The Hall–Kier alpha value is -1.13. The quantitative estimate of drug-likeness (QED) is 0.882. The second-order valence-corrected chi connectivity index (χ2v) is 4.66. The molecule has 3 nitrogen and oxygen atoms in total. The number of aromatic nitrogens is 2. The highest BCUT2D eigenvalue weighted by atomic mass is 32.1. The van der Waals surface area contributed by atoms with Crippen molar-refractivity contribution < 1.29 is 0 Å². The third-order valence-electron chi connectivity index (χ3n) is 2.64. The molecule has 2 aromatic heterocycles. The minimum atomic E-state index is 0.220. The summed E-state index contributed by atoms with van der Waals surface area (Å²) in [5.41, 5.74) is 3.76. The molecule has 1 unspecified atom stereocenters. The minimum absolute atomic E-state index is 0.220. The molecule has 86 valence electrons. The minimum Gasteiger partial charge on any atom is -0.305 e. The average molecular weight is 235 g/mol. The maximum absolute atomic E-state index is 4.49. The summed E-state index contributed by atoms with van der Waals surface area (Å²) in [5, 5.41) is 12.4. The first-order valence-corrected chi connectivity index (χ1v) is 6.42. The lowest BCUT2D eigenvalue weighted by atomic mass is 10.0. The number of nitrogens with zero attached hydrogens (tertiary/aromatic N) is 2. The first kappa shape index (κ1) is 11.4. The van der Waals surface area contributed by atoms with E-state index in [4.69, 9.17) is 0 Å². The van der Waals surface area contributed by atoms with Gasteiger partial charge in [-0.05, 0) is 41.4 Å². The van der Waals surface area contributed by atoms with Crippen LogP contribution in [0.2, 0.25) is 0 Å². The fourth-order valence-electron chi connectivity index (χ4n) is 1.83. The van der Waals surface area contributed by atoms with Crippen LogP contribution in [0.5, 0.6) is 0 Å². The van der Waals surface area contributed by atoms with Gasteiger partial charge in [0, 0.05) is 13.2 Å². The monoisotopic (exact) mass is 235 g/mol. The highest BCUT2D eigenvalue weighted by molar-refractivity contribution is 7.08. The van der Waals surface area contributed by atoms with E-state index in [0.29, 0.717) is 0 Å². The van der Waals surface area contributed by atoms with Crippen molar-refractivity contribution in [3.8, 4) is 0 Å². The molecular formula is C12H17N3S. The molecule has 2 heterocycles. The third-order valence-corrected chi connectivity index (χ3v) is 3.52. The van der Waals surface area contributed by atoms with Crippen LogP contribution in [0.15, 0.2) is 23.0 Å². The van der Waals surface area contributed by atoms with E-state index >= 15 is 0 Å². The lowest BCUT2D eigenvalue weighted by Crippen LogP contribution is -2.22. The van der Waals surface area contributed by atoms with Crippen LogP contribution in [-0.4, -0.2) is 16.3 Å². The smallest absolute Gasteiger partial charge is 0.0839 e. The van der Waals surface area contributed by atoms with Gasteiger partial charge in [0.05, 0.1) is 11.7 Å². The predicted octanol–water partition coefficient (Wildman–Crippen LogP) is 2.49. The van der Waals surface area contributed by atoms with E-state index in [0.717, 1.165) is 12.2 Å². The molecular weight excluding hydrogens is 218 g/mol. The van der Waals surface area contributed by atoms with Gasteiger partial charge in [-0.1, -0.05) is 6.92 Å². The molecule has 2 rings (SSSR count). The fourth-order valence-corrected chi connectivity index (χ4v) is 2.71. The van der Waals surface area contributed by atoms with Gasteiger partial charge in [0.25, 0.3) is 0 Å². The zero-order valence-electron chi connectivity index (χ0n) is 9.90. The topological polar surface area (TPSA) is 29.9 Å². The highest BCUT2D eigenvalue weighted by Gasteiger charge is 2.17. The Balaban J connectivity index is 2.34. The summed E-state index contributed by atoms with van der Waals surface area (Å²) < 4.78 is 1.85. The van der Waals surface area contributed by atoms with Crippen LogP contribution >= 0.6 is 11.3 Å². The fraction of sp³-hybridized carbons (Fsp3) is 0.417. The molecule has 0 fully saturated rings. The second-order valence-electron chi connectivity index (χ2n) is 3.92. The first-order chi connectivity index (χ1) is 7.72. The summed E-state index contributed by atoms with van der Waals surface area (Å²) in [6.07, 6.45) is 1.99. The average Bonchev–Trinajstić information content (AvgIpc) is 2.84. The van der Waals surface area contributed by atoms with Gasteiger partial charge in [-0.25, -0.2) is 0 Å². The van der Waals surface area contributed by atoms with Crippen LogP contribution in [0.3, 0.4) is 0 Å². The molecule has 0 radical (unpaired) electrons. The van der Waals surface area contributed by atoms with Crippen molar-refractivity contribution in [3.05, 3.63) is 39.8 Å². The van der Waals surface area contributed by atoms with Crippen molar-refractivity contribution >= 4 is 11.3 Å². The maximum Gasteiger partial charge on any atom is 0.0839 e. The van der Waals surface area contributed by atoms with Crippen molar-refractivity contribution in [1.29, 1.82) is 0 Å².